The molecule has 0 unspecified atom stereocenters. The van der Waals surface area contributed by atoms with Crippen molar-refractivity contribution in [2.45, 2.75) is 52.5 Å². The van der Waals surface area contributed by atoms with Gasteiger partial charge in [-0.25, -0.2) is 9.59 Å². The van der Waals surface area contributed by atoms with E-state index in [9.17, 15) is 19.5 Å². The van der Waals surface area contributed by atoms with E-state index in [1.165, 1.54) is 11.8 Å². The zero-order valence-corrected chi connectivity index (χ0v) is 21.0. The Kier molecular flexibility index (Phi) is 11.5. The third-order valence-corrected chi connectivity index (χ3v) is 6.21. The predicted molar refractivity (Wildman–Crippen MR) is 138 cm³/mol. The van der Waals surface area contributed by atoms with Gasteiger partial charge < -0.3 is 10.4 Å². The molecule has 0 aromatic heterocycles. The number of aliphatic carboxylic acids is 1. The molecule has 3 amide bonds. The SMILES string of the molecule is CCCN(C(=O)N[C@@H](CSCCC(C)C)C(=O)O)C(=O)c1cccc(C#CC2=CCCC=C2)c1. The quantitative estimate of drug-likeness (QED) is 0.358. The van der Waals surface area contributed by atoms with Gasteiger partial charge in [-0.2, -0.15) is 11.8 Å². The molecule has 7 heteroatoms. The van der Waals surface area contributed by atoms with Gasteiger partial charge in [-0.05, 0) is 55.6 Å². The van der Waals surface area contributed by atoms with Crippen molar-refractivity contribution in [2.75, 3.05) is 18.1 Å². The van der Waals surface area contributed by atoms with Crippen molar-refractivity contribution in [1.29, 1.82) is 0 Å². The molecule has 0 heterocycles. The largest absolute Gasteiger partial charge is 0.480 e. The van der Waals surface area contributed by atoms with E-state index in [0.29, 0.717) is 23.5 Å². The third-order valence-electron chi connectivity index (χ3n) is 5.11. The van der Waals surface area contributed by atoms with Crippen LogP contribution in [0.4, 0.5) is 4.79 Å². The molecule has 182 valence electrons. The van der Waals surface area contributed by atoms with E-state index >= 15 is 0 Å². The summed E-state index contributed by atoms with van der Waals surface area (Å²) in [6.07, 6.45) is 9.66. The Balaban J connectivity index is 2.10. The summed E-state index contributed by atoms with van der Waals surface area (Å²) in [5, 5.41) is 12.1. The zero-order chi connectivity index (χ0) is 24.9. The number of amides is 3. The van der Waals surface area contributed by atoms with Crippen LogP contribution in [0.3, 0.4) is 0 Å². The number of carboxylic acid groups (broad SMARTS) is 1. The number of rotatable bonds is 10. The van der Waals surface area contributed by atoms with Crippen molar-refractivity contribution < 1.29 is 19.5 Å². The lowest BCUT2D eigenvalue weighted by atomic mass is 10.1. The normalized spacial score (nSPS) is 13.5. The number of carbonyl (C=O) groups is 3. The lowest BCUT2D eigenvalue weighted by Gasteiger charge is -2.23. The maximum absolute atomic E-state index is 13.2. The molecule has 1 aliphatic carbocycles. The summed E-state index contributed by atoms with van der Waals surface area (Å²) in [6.45, 7) is 6.26. The van der Waals surface area contributed by atoms with Crippen LogP contribution >= 0.6 is 11.8 Å². The van der Waals surface area contributed by atoms with Gasteiger partial charge in [0.1, 0.15) is 6.04 Å². The van der Waals surface area contributed by atoms with E-state index in [4.69, 9.17) is 0 Å². The van der Waals surface area contributed by atoms with Crippen molar-refractivity contribution in [1.82, 2.24) is 10.2 Å². The zero-order valence-electron chi connectivity index (χ0n) is 20.2. The van der Waals surface area contributed by atoms with Crippen LogP contribution in [0.15, 0.2) is 48.1 Å². The molecule has 0 radical (unpaired) electrons. The van der Waals surface area contributed by atoms with Gasteiger partial charge in [0.2, 0.25) is 0 Å². The van der Waals surface area contributed by atoms with Gasteiger partial charge in [0.05, 0.1) is 0 Å². The number of nitrogens with zero attached hydrogens (tertiary/aromatic N) is 1. The number of imide groups is 1. The van der Waals surface area contributed by atoms with Crippen molar-refractivity contribution in [3.05, 3.63) is 59.2 Å². The second kappa shape index (κ2) is 14.3. The van der Waals surface area contributed by atoms with E-state index < -0.39 is 23.9 Å². The molecule has 1 aromatic rings. The summed E-state index contributed by atoms with van der Waals surface area (Å²) >= 11 is 1.49. The van der Waals surface area contributed by atoms with Crippen molar-refractivity contribution in [2.24, 2.45) is 5.92 Å². The average Bonchev–Trinajstić information content (AvgIpc) is 2.83. The number of hydrogen-bond donors (Lipinski definition) is 2. The Hall–Kier alpha value is -2.98. The highest BCUT2D eigenvalue weighted by molar-refractivity contribution is 7.99. The fourth-order valence-electron chi connectivity index (χ4n) is 3.18. The first-order valence-corrected chi connectivity index (χ1v) is 12.9. The fraction of sp³-hybridized carbons (Fsp3) is 0.444. The molecule has 0 spiro atoms. The van der Waals surface area contributed by atoms with Gasteiger partial charge >= 0.3 is 12.0 Å². The lowest BCUT2D eigenvalue weighted by Crippen LogP contribution is -2.51. The molecule has 1 aliphatic rings. The topological polar surface area (TPSA) is 86.7 Å². The monoisotopic (exact) mass is 482 g/mol. The van der Waals surface area contributed by atoms with Crippen LogP contribution in [0.5, 0.6) is 0 Å². The van der Waals surface area contributed by atoms with E-state index in [0.717, 1.165) is 35.5 Å². The number of hydrogen-bond acceptors (Lipinski definition) is 4. The smallest absolute Gasteiger partial charge is 0.327 e. The number of nitrogens with one attached hydrogen (secondary N) is 1. The summed E-state index contributed by atoms with van der Waals surface area (Å²) in [5.74, 6) is 6.18. The first-order chi connectivity index (χ1) is 16.3. The molecule has 0 aliphatic heterocycles. The van der Waals surface area contributed by atoms with Crippen molar-refractivity contribution in [3.63, 3.8) is 0 Å². The van der Waals surface area contributed by atoms with E-state index in [1.807, 2.05) is 19.1 Å². The molecular weight excluding hydrogens is 448 g/mol. The predicted octanol–water partition coefficient (Wildman–Crippen LogP) is 5.11. The fourth-order valence-corrected chi connectivity index (χ4v) is 4.44. The number of carbonyl (C=O) groups excluding carboxylic acids is 2. The minimum atomic E-state index is -1.11. The summed E-state index contributed by atoms with van der Waals surface area (Å²) in [4.78, 5) is 38.8. The van der Waals surface area contributed by atoms with Crippen LogP contribution in [-0.4, -0.2) is 52.0 Å². The minimum absolute atomic E-state index is 0.186. The van der Waals surface area contributed by atoms with Gasteiger partial charge in [0.15, 0.2) is 0 Å². The highest BCUT2D eigenvalue weighted by Crippen LogP contribution is 2.13. The van der Waals surface area contributed by atoms with Gasteiger partial charge in [0, 0.05) is 29.0 Å². The average molecular weight is 483 g/mol. The Labute approximate surface area is 206 Å². The Morgan fingerprint density at radius 2 is 2.00 bits per heavy atom. The second-order valence-electron chi connectivity index (χ2n) is 8.52. The molecule has 34 heavy (non-hydrogen) atoms. The molecule has 1 aromatic carbocycles. The highest BCUT2D eigenvalue weighted by Gasteiger charge is 2.27. The van der Waals surface area contributed by atoms with Crippen LogP contribution in [-0.2, 0) is 4.79 Å². The van der Waals surface area contributed by atoms with Crippen LogP contribution in [0.1, 0.15) is 62.4 Å². The van der Waals surface area contributed by atoms with E-state index in [-0.39, 0.29) is 12.3 Å². The number of benzene rings is 1. The van der Waals surface area contributed by atoms with E-state index in [1.54, 1.807) is 18.2 Å². The van der Waals surface area contributed by atoms with Crippen LogP contribution in [0, 0.1) is 17.8 Å². The van der Waals surface area contributed by atoms with Crippen LogP contribution < -0.4 is 5.32 Å². The second-order valence-corrected chi connectivity index (χ2v) is 9.67. The maximum atomic E-state index is 13.2. The molecule has 0 saturated carbocycles. The summed E-state index contributed by atoms with van der Waals surface area (Å²) in [5.41, 5.74) is 1.95. The number of carboxylic acids is 1. The number of thioether (sulfide) groups is 1. The summed E-state index contributed by atoms with van der Waals surface area (Å²) in [6, 6.07) is 5.09. The molecular formula is C27H34N2O4S. The number of urea groups is 1. The molecule has 0 bridgehead atoms. The first-order valence-electron chi connectivity index (χ1n) is 11.7. The Morgan fingerprint density at radius 3 is 2.65 bits per heavy atom. The van der Waals surface area contributed by atoms with Gasteiger partial charge in [0.25, 0.3) is 5.91 Å². The summed E-state index contributed by atoms with van der Waals surface area (Å²) < 4.78 is 0. The van der Waals surface area contributed by atoms with Crippen LogP contribution in [0.2, 0.25) is 0 Å². The molecule has 0 saturated heterocycles. The van der Waals surface area contributed by atoms with Crippen molar-refractivity contribution >= 4 is 29.7 Å². The van der Waals surface area contributed by atoms with Gasteiger partial charge in [-0.3, -0.25) is 9.69 Å². The number of allylic oxidation sites excluding steroid dienone is 4. The molecule has 2 N–H and O–H groups in total. The Bertz CT molecular complexity index is 988. The highest BCUT2D eigenvalue weighted by atomic mass is 32.2. The molecule has 6 nitrogen and oxygen atoms in total. The minimum Gasteiger partial charge on any atom is -0.480 e. The lowest BCUT2D eigenvalue weighted by molar-refractivity contribution is -0.138. The molecule has 2 rings (SSSR count). The Morgan fingerprint density at radius 1 is 1.21 bits per heavy atom. The van der Waals surface area contributed by atoms with E-state index in [2.05, 4.69) is 43.2 Å². The van der Waals surface area contributed by atoms with Crippen molar-refractivity contribution in [3.8, 4) is 11.8 Å². The maximum Gasteiger partial charge on any atom is 0.327 e. The summed E-state index contributed by atoms with van der Waals surface area (Å²) in [7, 11) is 0. The van der Waals surface area contributed by atoms with Gasteiger partial charge in [-0.1, -0.05) is 56.9 Å². The standard InChI is InChI=1S/C27H34N2O4S/c1-4-16-29(27(33)28-24(26(31)32)19-34-17-15-20(2)3)25(30)23-12-8-11-22(18-23)14-13-21-9-6-5-7-10-21/h6,8-12,18,20,24H,4-5,7,15-17,19H2,1-3H3,(H,28,33)(H,31,32)/t24-/m0/s1. The third kappa shape index (κ3) is 9.11. The van der Waals surface area contributed by atoms with Gasteiger partial charge in [-0.15, -0.1) is 0 Å². The first kappa shape index (κ1) is 27.3. The van der Waals surface area contributed by atoms with Crippen LogP contribution in [0.25, 0.3) is 0 Å². The molecule has 0 fully saturated rings. The molecule has 1 atom stereocenters.